The summed E-state index contributed by atoms with van der Waals surface area (Å²) < 4.78 is 4.27. The van der Waals surface area contributed by atoms with Crippen molar-refractivity contribution < 1.29 is 0 Å². The average molecular weight is 273 g/mol. The van der Waals surface area contributed by atoms with Gasteiger partial charge in [0.15, 0.2) is 0 Å². The van der Waals surface area contributed by atoms with Gasteiger partial charge in [0.2, 0.25) is 5.13 Å². The third-order valence-corrected chi connectivity index (χ3v) is 4.78. The number of piperidine rings is 1. The van der Waals surface area contributed by atoms with Gasteiger partial charge in [-0.3, -0.25) is 0 Å². The second kappa shape index (κ2) is 5.29. The first kappa shape index (κ1) is 12.6. The Bertz CT molecular complexity index is 556. The van der Waals surface area contributed by atoms with Crippen molar-refractivity contribution in [2.45, 2.75) is 32.6 Å². The zero-order chi connectivity index (χ0) is 13.2. The van der Waals surface area contributed by atoms with Crippen molar-refractivity contribution in [2.24, 2.45) is 0 Å². The minimum Gasteiger partial charge on any atom is -0.347 e. The van der Waals surface area contributed by atoms with E-state index < -0.39 is 0 Å². The highest BCUT2D eigenvalue weighted by molar-refractivity contribution is 7.09. The number of hydrogen-bond donors (Lipinski definition) is 0. The summed E-state index contributed by atoms with van der Waals surface area (Å²) in [4.78, 5) is 6.86. The van der Waals surface area contributed by atoms with E-state index in [1.807, 2.05) is 6.92 Å². The molecule has 1 fully saturated rings. The molecular weight excluding hydrogens is 254 g/mol. The molecule has 0 radical (unpaired) electrons. The molecule has 19 heavy (non-hydrogen) atoms. The van der Waals surface area contributed by atoms with Gasteiger partial charge in [0.05, 0.1) is 0 Å². The summed E-state index contributed by atoms with van der Waals surface area (Å²) in [5.74, 6) is 1.59. The predicted molar refractivity (Wildman–Crippen MR) is 80.0 cm³/mol. The largest absolute Gasteiger partial charge is 0.347 e. The molecule has 4 heteroatoms. The lowest BCUT2D eigenvalue weighted by molar-refractivity contribution is 0.503. The smallest absolute Gasteiger partial charge is 0.205 e. The molecule has 0 aliphatic carbocycles. The van der Waals surface area contributed by atoms with Gasteiger partial charge in [0.1, 0.15) is 5.82 Å². The molecule has 1 aliphatic rings. The van der Waals surface area contributed by atoms with E-state index in [9.17, 15) is 0 Å². The third-order valence-electron chi connectivity index (χ3n) is 3.91. The van der Waals surface area contributed by atoms with Crippen LogP contribution in [0, 0.1) is 13.8 Å². The monoisotopic (exact) mass is 273 g/mol. The minimum atomic E-state index is 0.700. The lowest BCUT2D eigenvalue weighted by Gasteiger charge is -2.32. The fourth-order valence-corrected chi connectivity index (χ4v) is 3.57. The molecule has 2 aromatic rings. The summed E-state index contributed by atoms with van der Waals surface area (Å²) >= 11 is 1.52. The van der Waals surface area contributed by atoms with E-state index >= 15 is 0 Å². The maximum Gasteiger partial charge on any atom is 0.205 e. The maximum absolute atomic E-state index is 4.48. The van der Waals surface area contributed by atoms with Crippen molar-refractivity contribution in [1.82, 2.24) is 9.36 Å². The summed E-state index contributed by atoms with van der Waals surface area (Å²) in [6.45, 7) is 6.36. The Kier molecular flexibility index (Phi) is 3.51. The van der Waals surface area contributed by atoms with E-state index in [2.05, 4.69) is 45.4 Å². The maximum atomic E-state index is 4.48. The van der Waals surface area contributed by atoms with E-state index in [-0.39, 0.29) is 0 Å². The number of aromatic nitrogens is 2. The molecule has 0 bridgehead atoms. The molecule has 1 aromatic carbocycles. The topological polar surface area (TPSA) is 29.0 Å². The Balaban J connectivity index is 1.68. The van der Waals surface area contributed by atoms with Crippen LogP contribution in [0.3, 0.4) is 0 Å². The van der Waals surface area contributed by atoms with Gasteiger partial charge < -0.3 is 4.90 Å². The van der Waals surface area contributed by atoms with Gasteiger partial charge in [0.25, 0.3) is 0 Å². The number of rotatable bonds is 2. The van der Waals surface area contributed by atoms with Gasteiger partial charge in [-0.2, -0.15) is 4.37 Å². The fourth-order valence-electron chi connectivity index (χ4n) is 2.84. The lowest BCUT2D eigenvalue weighted by Crippen LogP contribution is -2.32. The van der Waals surface area contributed by atoms with Crippen LogP contribution in [0.5, 0.6) is 0 Å². The quantitative estimate of drug-likeness (QED) is 0.838. The summed E-state index contributed by atoms with van der Waals surface area (Å²) in [7, 11) is 0. The van der Waals surface area contributed by atoms with Crippen LogP contribution < -0.4 is 4.90 Å². The Morgan fingerprint density at radius 1 is 1.16 bits per heavy atom. The van der Waals surface area contributed by atoms with Crippen LogP contribution in [-0.2, 0) is 0 Å². The van der Waals surface area contributed by atoms with Crippen LogP contribution in [0.4, 0.5) is 5.13 Å². The van der Waals surface area contributed by atoms with Crippen molar-refractivity contribution >= 4 is 16.7 Å². The highest BCUT2D eigenvalue weighted by atomic mass is 32.1. The minimum absolute atomic E-state index is 0.700. The SMILES string of the molecule is Cc1nsc(N2CCC(c3ccccc3C)CC2)n1. The van der Waals surface area contributed by atoms with Crippen molar-refractivity contribution in [3.8, 4) is 0 Å². The van der Waals surface area contributed by atoms with Crippen molar-refractivity contribution in [1.29, 1.82) is 0 Å². The molecule has 0 amide bonds. The Morgan fingerprint density at radius 3 is 2.53 bits per heavy atom. The van der Waals surface area contributed by atoms with Gasteiger partial charge in [-0.05, 0) is 43.7 Å². The van der Waals surface area contributed by atoms with Crippen molar-refractivity contribution in [2.75, 3.05) is 18.0 Å². The first-order valence-electron chi connectivity index (χ1n) is 6.85. The number of benzene rings is 1. The first-order chi connectivity index (χ1) is 9.24. The summed E-state index contributed by atoms with van der Waals surface area (Å²) in [5, 5.41) is 1.08. The highest BCUT2D eigenvalue weighted by Crippen LogP contribution is 2.32. The Morgan fingerprint density at radius 2 is 1.89 bits per heavy atom. The van der Waals surface area contributed by atoms with E-state index in [1.54, 1.807) is 0 Å². The average Bonchev–Trinajstić information content (AvgIpc) is 2.86. The Labute approximate surface area is 118 Å². The number of nitrogens with zero attached hydrogens (tertiary/aromatic N) is 3. The van der Waals surface area contributed by atoms with Crippen LogP contribution in [0.25, 0.3) is 0 Å². The van der Waals surface area contributed by atoms with Gasteiger partial charge in [-0.15, -0.1) is 0 Å². The molecule has 1 aromatic heterocycles. The third kappa shape index (κ3) is 2.63. The van der Waals surface area contributed by atoms with Gasteiger partial charge in [0, 0.05) is 24.6 Å². The lowest BCUT2D eigenvalue weighted by atomic mass is 9.87. The molecular formula is C15H19N3S. The second-order valence-electron chi connectivity index (χ2n) is 5.24. The van der Waals surface area contributed by atoms with Gasteiger partial charge in [-0.1, -0.05) is 24.3 Å². The van der Waals surface area contributed by atoms with E-state index in [0.29, 0.717) is 5.92 Å². The van der Waals surface area contributed by atoms with E-state index in [4.69, 9.17) is 0 Å². The van der Waals surface area contributed by atoms with E-state index in [1.165, 1.54) is 35.5 Å². The van der Waals surface area contributed by atoms with Crippen molar-refractivity contribution in [3.63, 3.8) is 0 Å². The highest BCUT2D eigenvalue weighted by Gasteiger charge is 2.23. The first-order valence-corrected chi connectivity index (χ1v) is 7.62. The van der Waals surface area contributed by atoms with Crippen LogP contribution in [0.15, 0.2) is 24.3 Å². The molecule has 2 heterocycles. The van der Waals surface area contributed by atoms with Crippen LogP contribution in [-0.4, -0.2) is 22.4 Å². The summed E-state index contributed by atoms with van der Waals surface area (Å²) in [6.07, 6.45) is 2.42. The standard InChI is InChI=1S/C15H19N3S/c1-11-5-3-4-6-14(11)13-7-9-18(10-8-13)15-16-12(2)17-19-15/h3-6,13H,7-10H2,1-2H3. The molecule has 3 rings (SSSR count). The van der Waals surface area contributed by atoms with Crippen LogP contribution in [0.1, 0.15) is 35.7 Å². The summed E-state index contributed by atoms with van der Waals surface area (Å²) in [5.41, 5.74) is 2.95. The number of hydrogen-bond acceptors (Lipinski definition) is 4. The molecule has 3 nitrogen and oxygen atoms in total. The molecule has 0 unspecified atom stereocenters. The Hall–Kier alpha value is -1.42. The normalized spacial score (nSPS) is 16.8. The number of aryl methyl sites for hydroxylation is 2. The van der Waals surface area contributed by atoms with Crippen LogP contribution in [0.2, 0.25) is 0 Å². The molecule has 0 spiro atoms. The molecule has 0 N–H and O–H groups in total. The molecule has 1 saturated heterocycles. The van der Waals surface area contributed by atoms with Gasteiger partial charge in [-0.25, -0.2) is 4.98 Å². The number of anilines is 1. The molecule has 0 atom stereocenters. The predicted octanol–water partition coefficient (Wildman–Crippen LogP) is 3.54. The zero-order valence-electron chi connectivity index (χ0n) is 11.5. The summed E-state index contributed by atoms with van der Waals surface area (Å²) in [6, 6.07) is 8.78. The van der Waals surface area contributed by atoms with Crippen molar-refractivity contribution in [3.05, 3.63) is 41.2 Å². The zero-order valence-corrected chi connectivity index (χ0v) is 12.3. The van der Waals surface area contributed by atoms with Gasteiger partial charge >= 0.3 is 0 Å². The second-order valence-corrected chi connectivity index (χ2v) is 5.97. The molecule has 0 saturated carbocycles. The van der Waals surface area contributed by atoms with E-state index in [0.717, 1.165) is 24.0 Å². The fraction of sp³-hybridized carbons (Fsp3) is 0.467. The molecule has 100 valence electrons. The molecule has 1 aliphatic heterocycles. The van der Waals surface area contributed by atoms with Crippen LogP contribution >= 0.6 is 11.5 Å².